The van der Waals surface area contributed by atoms with Crippen LogP contribution in [0.5, 0.6) is 0 Å². The molecule has 1 atom stereocenters. The molecule has 7 heteroatoms. The molecule has 1 N–H and O–H groups in total. The standard InChI is InChI=1S/C10H18N4O3/c1-5-17-7(2)6-11-9-10(14(15)16)12-8(3)13(9)4/h7,11H,5-6H2,1-4H3. The van der Waals surface area contributed by atoms with Crippen molar-refractivity contribution in [3.8, 4) is 0 Å². The number of aromatic nitrogens is 2. The molecule has 0 spiro atoms. The first-order chi connectivity index (χ1) is 7.97. The molecule has 7 nitrogen and oxygen atoms in total. The highest BCUT2D eigenvalue weighted by Crippen LogP contribution is 2.23. The zero-order chi connectivity index (χ0) is 13.0. The maximum atomic E-state index is 10.8. The fourth-order valence-electron chi connectivity index (χ4n) is 1.50. The average molecular weight is 242 g/mol. The van der Waals surface area contributed by atoms with Gasteiger partial charge < -0.3 is 20.2 Å². The smallest absolute Gasteiger partial charge is 0.377 e. The van der Waals surface area contributed by atoms with Crippen molar-refractivity contribution < 1.29 is 9.66 Å². The molecular formula is C10H18N4O3. The van der Waals surface area contributed by atoms with Crippen LogP contribution in [0.25, 0.3) is 0 Å². The van der Waals surface area contributed by atoms with Gasteiger partial charge in [-0.05, 0) is 23.8 Å². The van der Waals surface area contributed by atoms with Gasteiger partial charge in [0.1, 0.15) is 0 Å². The molecule has 0 saturated carbocycles. The number of anilines is 1. The molecular weight excluding hydrogens is 224 g/mol. The monoisotopic (exact) mass is 242 g/mol. The van der Waals surface area contributed by atoms with Crippen molar-refractivity contribution in [2.45, 2.75) is 26.9 Å². The van der Waals surface area contributed by atoms with Crippen LogP contribution in [0.3, 0.4) is 0 Å². The molecule has 1 unspecified atom stereocenters. The lowest BCUT2D eigenvalue weighted by Gasteiger charge is -2.13. The lowest BCUT2D eigenvalue weighted by Crippen LogP contribution is -2.21. The quantitative estimate of drug-likeness (QED) is 0.603. The van der Waals surface area contributed by atoms with Gasteiger partial charge in [-0.15, -0.1) is 0 Å². The van der Waals surface area contributed by atoms with Gasteiger partial charge >= 0.3 is 5.82 Å². The second-order valence-electron chi connectivity index (χ2n) is 3.79. The van der Waals surface area contributed by atoms with Crippen molar-refractivity contribution in [3.05, 3.63) is 15.9 Å². The maximum Gasteiger partial charge on any atom is 0.406 e. The fourth-order valence-corrected chi connectivity index (χ4v) is 1.50. The van der Waals surface area contributed by atoms with E-state index in [1.165, 1.54) is 0 Å². The van der Waals surface area contributed by atoms with Crippen LogP contribution in [0, 0.1) is 17.0 Å². The number of hydrogen-bond donors (Lipinski definition) is 1. The largest absolute Gasteiger partial charge is 0.406 e. The van der Waals surface area contributed by atoms with Gasteiger partial charge in [-0.3, -0.25) is 4.57 Å². The Morgan fingerprint density at radius 2 is 2.29 bits per heavy atom. The molecule has 1 rings (SSSR count). The van der Waals surface area contributed by atoms with E-state index in [0.717, 1.165) is 0 Å². The van der Waals surface area contributed by atoms with Crippen LogP contribution in [-0.2, 0) is 11.8 Å². The molecule has 0 saturated heterocycles. The first-order valence-corrected chi connectivity index (χ1v) is 5.50. The number of nitrogens with one attached hydrogen (secondary N) is 1. The number of imidazole rings is 1. The minimum atomic E-state index is -0.485. The summed E-state index contributed by atoms with van der Waals surface area (Å²) >= 11 is 0. The molecule has 1 aromatic heterocycles. The Bertz CT molecular complexity index is 403. The van der Waals surface area contributed by atoms with E-state index in [2.05, 4.69) is 10.3 Å². The second kappa shape index (κ2) is 5.62. The summed E-state index contributed by atoms with van der Waals surface area (Å²) in [5.41, 5.74) is 0. The second-order valence-corrected chi connectivity index (χ2v) is 3.79. The first kappa shape index (κ1) is 13.4. The molecule has 0 aromatic carbocycles. The molecule has 1 heterocycles. The van der Waals surface area contributed by atoms with Crippen LogP contribution in [0.1, 0.15) is 19.7 Å². The Morgan fingerprint density at radius 3 is 2.82 bits per heavy atom. The van der Waals surface area contributed by atoms with Crippen molar-refractivity contribution in [1.82, 2.24) is 9.55 Å². The first-order valence-electron chi connectivity index (χ1n) is 5.50. The molecule has 0 amide bonds. The van der Waals surface area contributed by atoms with Crippen LogP contribution < -0.4 is 5.32 Å². The van der Waals surface area contributed by atoms with E-state index >= 15 is 0 Å². The molecule has 0 bridgehead atoms. The van der Waals surface area contributed by atoms with Gasteiger partial charge in [0.15, 0.2) is 0 Å². The Morgan fingerprint density at radius 1 is 1.65 bits per heavy atom. The number of hydrogen-bond acceptors (Lipinski definition) is 5. The van der Waals surface area contributed by atoms with Crippen molar-refractivity contribution in [1.29, 1.82) is 0 Å². The van der Waals surface area contributed by atoms with Crippen LogP contribution in [0.2, 0.25) is 0 Å². The highest BCUT2D eigenvalue weighted by atomic mass is 16.6. The Kier molecular flexibility index (Phi) is 4.45. The number of rotatable bonds is 6. The van der Waals surface area contributed by atoms with E-state index in [-0.39, 0.29) is 11.9 Å². The van der Waals surface area contributed by atoms with Crippen molar-refractivity contribution in [2.24, 2.45) is 7.05 Å². The molecule has 0 radical (unpaired) electrons. The summed E-state index contributed by atoms with van der Waals surface area (Å²) in [6.07, 6.45) is -0.00481. The van der Waals surface area contributed by atoms with Crippen LogP contribution in [0.4, 0.5) is 11.6 Å². The third-order valence-corrected chi connectivity index (χ3v) is 2.48. The van der Waals surface area contributed by atoms with E-state index < -0.39 is 4.92 Å². The minimum absolute atomic E-state index is 0.00481. The SMILES string of the molecule is CCOC(C)CNc1c([N+](=O)[O-])nc(C)n1C. The van der Waals surface area contributed by atoms with Gasteiger partial charge in [0.2, 0.25) is 11.6 Å². The molecule has 1 aromatic rings. The third kappa shape index (κ3) is 3.16. The lowest BCUT2D eigenvalue weighted by molar-refractivity contribution is -0.388. The highest BCUT2D eigenvalue weighted by Gasteiger charge is 2.23. The van der Waals surface area contributed by atoms with Crippen LogP contribution >= 0.6 is 0 Å². The number of nitrogens with zero attached hydrogens (tertiary/aromatic N) is 3. The van der Waals surface area contributed by atoms with E-state index in [1.807, 2.05) is 13.8 Å². The highest BCUT2D eigenvalue weighted by molar-refractivity contribution is 5.53. The molecule has 0 aliphatic rings. The minimum Gasteiger partial charge on any atom is -0.377 e. The zero-order valence-electron chi connectivity index (χ0n) is 10.6. The number of nitro groups is 1. The van der Waals surface area contributed by atoms with Crippen molar-refractivity contribution >= 4 is 11.6 Å². The summed E-state index contributed by atoms with van der Waals surface area (Å²) in [5, 5.41) is 13.8. The summed E-state index contributed by atoms with van der Waals surface area (Å²) in [4.78, 5) is 14.2. The van der Waals surface area contributed by atoms with Crippen LogP contribution in [0.15, 0.2) is 0 Å². The van der Waals surface area contributed by atoms with Crippen molar-refractivity contribution in [3.63, 3.8) is 0 Å². The van der Waals surface area contributed by atoms with Gasteiger partial charge in [-0.1, -0.05) is 0 Å². The Labute approximate surface area is 99.9 Å². The molecule has 17 heavy (non-hydrogen) atoms. The Hall–Kier alpha value is -1.63. The zero-order valence-corrected chi connectivity index (χ0v) is 10.6. The maximum absolute atomic E-state index is 10.8. The third-order valence-electron chi connectivity index (χ3n) is 2.48. The van der Waals surface area contributed by atoms with Crippen molar-refractivity contribution in [2.75, 3.05) is 18.5 Å². The average Bonchev–Trinajstić information content (AvgIpc) is 2.54. The lowest BCUT2D eigenvalue weighted by atomic mass is 10.4. The van der Waals surface area contributed by atoms with E-state index in [0.29, 0.717) is 24.8 Å². The van der Waals surface area contributed by atoms with Gasteiger partial charge in [0, 0.05) is 27.1 Å². The topological polar surface area (TPSA) is 82.2 Å². The van der Waals surface area contributed by atoms with E-state index in [9.17, 15) is 10.1 Å². The van der Waals surface area contributed by atoms with Crippen LogP contribution in [-0.4, -0.2) is 33.7 Å². The number of ether oxygens (including phenoxy) is 1. The number of aryl methyl sites for hydroxylation is 1. The van der Waals surface area contributed by atoms with E-state index in [1.54, 1.807) is 18.5 Å². The normalized spacial score (nSPS) is 12.5. The predicted molar refractivity (Wildman–Crippen MR) is 64.2 cm³/mol. The predicted octanol–water partition coefficient (Wildman–Crippen LogP) is 1.47. The summed E-state index contributed by atoms with van der Waals surface area (Å²) in [7, 11) is 1.74. The molecule has 0 fully saturated rings. The summed E-state index contributed by atoms with van der Waals surface area (Å²) in [6.45, 7) is 6.67. The summed E-state index contributed by atoms with van der Waals surface area (Å²) < 4.78 is 7.01. The molecule has 0 aliphatic heterocycles. The van der Waals surface area contributed by atoms with E-state index in [4.69, 9.17) is 4.74 Å². The van der Waals surface area contributed by atoms with Gasteiger partial charge in [-0.2, -0.15) is 0 Å². The molecule has 96 valence electrons. The van der Waals surface area contributed by atoms with Gasteiger partial charge in [-0.25, -0.2) is 0 Å². The Balaban J connectivity index is 2.79. The molecule has 0 aliphatic carbocycles. The van der Waals surface area contributed by atoms with Gasteiger partial charge in [0.05, 0.1) is 6.10 Å². The fraction of sp³-hybridized carbons (Fsp3) is 0.700. The van der Waals surface area contributed by atoms with Gasteiger partial charge in [0.25, 0.3) is 0 Å². The summed E-state index contributed by atoms with van der Waals surface area (Å²) in [6, 6.07) is 0. The summed E-state index contributed by atoms with van der Waals surface area (Å²) in [5.74, 6) is 0.871.